The fourth-order valence-corrected chi connectivity index (χ4v) is 12.4. The number of fused-ring (bicyclic) bond motifs is 7. The number of amides is 4. The van der Waals surface area contributed by atoms with Crippen LogP contribution in [0.15, 0.2) is 94.3 Å². The summed E-state index contributed by atoms with van der Waals surface area (Å²) in [6.45, 7) is 5.17. The number of hydrogen-bond acceptors (Lipinski definition) is 15. The monoisotopic (exact) mass is 1020 g/mol. The standard InChI is InChI=1S/C52H61F2N3O14S/c1-49-15-12-34(59)27-39(49)40(53)28-38-37-29-43-52(42(61)31-58,50(37,2)30-41(60)51(38,49)54)71-48(70-43)32-6-8-35(9-7-32)72-36-5-3-4-33(26-36)56-45(63)14-18-66-20-22-68-24-25-69-23-21-67-19-16-55-44(62)13-17-57-46(64)10-11-47(57)65/h3-12,15,26-27,37-38,40-41,43,48,58,60H,13-14,16-25,28-31H2,1-2H3,(H,55,62)(H,56,63)/t37-,38-,40-,41-,43+,48+,49-,50-,51-,52+/m0/s1. The number of allylic oxidation sites excluding steroid dienone is 4. The second-order valence-corrected chi connectivity index (χ2v) is 20.3. The van der Waals surface area contributed by atoms with Crippen LogP contribution in [0.3, 0.4) is 0 Å². The first kappa shape index (κ1) is 53.3. The number of nitrogens with one attached hydrogen (secondary N) is 2. The van der Waals surface area contributed by atoms with Crippen LogP contribution in [0.5, 0.6) is 0 Å². The molecular formula is C52H61F2N3O14S. The van der Waals surface area contributed by atoms with Gasteiger partial charge in [-0.1, -0.05) is 43.0 Å². The molecule has 4 N–H and O–H groups in total. The predicted octanol–water partition coefficient (Wildman–Crippen LogP) is 4.31. The van der Waals surface area contributed by atoms with Crippen LogP contribution in [0, 0.1) is 22.7 Å². The lowest BCUT2D eigenvalue weighted by Crippen LogP contribution is -2.70. The lowest BCUT2D eigenvalue weighted by atomic mass is 9.44. The molecule has 3 saturated carbocycles. The van der Waals surface area contributed by atoms with Crippen molar-refractivity contribution in [1.29, 1.82) is 0 Å². The van der Waals surface area contributed by atoms with Crippen molar-refractivity contribution in [3.05, 3.63) is 90.0 Å². The third-order valence-electron chi connectivity index (χ3n) is 15.1. The third-order valence-corrected chi connectivity index (χ3v) is 16.1. The summed E-state index contributed by atoms with van der Waals surface area (Å²) in [5, 5.41) is 27.7. The minimum Gasteiger partial charge on any atom is -0.390 e. The second-order valence-electron chi connectivity index (χ2n) is 19.2. The molecule has 0 aromatic heterocycles. The molecule has 6 aliphatic rings. The van der Waals surface area contributed by atoms with Crippen LogP contribution in [-0.4, -0.2) is 153 Å². The molecule has 20 heteroatoms. The van der Waals surface area contributed by atoms with Gasteiger partial charge in [-0.3, -0.25) is 33.7 Å². The molecule has 4 aliphatic carbocycles. The summed E-state index contributed by atoms with van der Waals surface area (Å²) in [4.78, 5) is 76.6. The van der Waals surface area contributed by atoms with Crippen LogP contribution < -0.4 is 10.6 Å². The van der Waals surface area contributed by atoms with Gasteiger partial charge in [-0.15, -0.1) is 0 Å². The number of imide groups is 1. The van der Waals surface area contributed by atoms with Crippen molar-refractivity contribution in [2.75, 3.05) is 77.9 Å². The number of alkyl halides is 2. The number of Topliss-reactive ketones (excluding diaryl/α,β-unsaturated/α-hetero) is 1. The zero-order chi connectivity index (χ0) is 51.3. The molecular weight excluding hydrogens is 961 g/mol. The highest BCUT2D eigenvalue weighted by Crippen LogP contribution is 2.72. The fourth-order valence-electron chi connectivity index (χ4n) is 11.5. The first-order valence-electron chi connectivity index (χ1n) is 24.3. The molecule has 8 rings (SSSR count). The van der Waals surface area contributed by atoms with E-state index in [1.54, 1.807) is 25.1 Å². The zero-order valence-electron chi connectivity index (χ0n) is 40.2. The van der Waals surface area contributed by atoms with Crippen molar-refractivity contribution in [2.45, 2.75) is 91.7 Å². The normalized spacial score (nSPS) is 31.2. The molecule has 0 unspecified atom stereocenters. The number of rotatable bonds is 24. The first-order chi connectivity index (χ1) is 34.5. The molecule has 10 atom stereocenters. The van der Waals surface area contributed by atoms with Crippen LogP contribution in [0.4, 0.5) is 14.5 Å². The predicted molar refractivity (Wildman–Crippen MR) is 255 cm³/mol. The maximum absolute atomic E-state index is 17.7. The molecule has 2 heterocycles. The molecule has 2 aromatic rings. The van der Waals surface area contributed by atoms with Gasteiger partial charge in [0.25, 0.3) is 11.8 Å². The number of hydrogen-bond donors (Lipinski definition) is 4. The first-order valence-corrected chi connectivity index (χ1v) is 25.1. The Hall–Kier alpha value is -5.03. The van der Waals surface area contributed by atoms with Crippen molar-refractivity contribution in [3.8, 4) is 0 Å². The van der Waals surface area contributed by atoms with Gasteiger partial charge in [-0.25, -0.2) is 8.78 Å². The zero-order valence-corrected chi connectivity index (χ0v) is 41.0. The van der Waals surface area contributed by atoms with Gasteiger partial charge in [0.1, 0.15) is 12.8 Å². The van der Waals surface area contributed by atoms with E-state index in [1.165, 1.54) is 43.0 Å². The highest BCUT2D eigenvalue weighted by atomic mass is 32.2. The summed E-state index contributed by atoms with van der Waals surface area (Å²) in [7, 11) is 0. The fraction of sp³-hybridized carbons (Fsp3) is 0.538. The van der Waals surface area contributed by atoms with E-state index in [4.69, 9.17) is 28.4 Å². The van der Waals surface area contributed by atoms with E-state index >= 15 is 8.78 Å². The highest BCUT2D eigenvalue weighted by molar-refractivity contribution is 7.99. The average Bonchev–Trinajstić information content (AvgIpc) is 3.98. The van der Waals surface area contributed by atoms with Gasteiger partial charge in [-0.2, -0.15) is 0 Å². The van der Waals surface area contributed by atoms with Crippen molar-refractivity contribution in [2.24, 2.45) is 22.7 Å². The number of carbonyl (C=O) groups excluding carboxylic acids is 6. The van der Waals surface area contributed by atoms with E-state index in [2.05, 4.69) is 10.6 Å². The van der Waals surface area contributed by atoms with E-state index in [0.29, 0.717) is 50.9 Å². The van der Waals surface area contributed by atoms with Gasteiger partial charge in [0.2, 0.25) is 11.8 Å². The molecule has 0 radical (unpaired) electrons. The topological polar surface area (TPSA) is 226 Å². The second kappa shape index (κ2) is 22.6. The van der Waals surface area contributed by atoms with Crippen LogP contribution >= 0.6 is 11.8 Å². The van der Waals surface area contributed by atoms with Gasteiger partial charge in [0, 0.05) is 69.5 Å². The van der Waals surface area contributed by atoms with E-state index in [0.717, 1.165) is 20.8 Å². The average molecular weight is 1020 g/mol. The summed E-state index contributed by atoms with van der Waals surface area (Å²) in [5.41, 5.74) is -5.69. The van der Waals surface area contributed by atoms with Crippen LogP contribution in [0.2, 0.25) is 0 Å². The largest absolute Gasteiger partial charge is 0.390 e. The molecule has 2 aromatic carbocycles. The number of ketones is 2. The summed E-state index contributed by atoms with van der Waals surface area (Å²) in [6.07, 6.45) is 0.637. The van der Waals surface area contributed by atoms with Crippen LogP contribution in [0.1, 0.15) is 57.8 Å². The molecule has 4 amide bonds. The summed E-state index contributed by atoms with van der Waals surface area (Å²) >= 11 is 1.46. The number of halogens is 2. The quantitative estimate of drug-likeness (QED) is 0.0850. The Bertz CT molecular complexity index is 2460. The van der Waals surface area contributed by atoms with Crippen LogP contribution in [0.25, 0.3) is 0 Å². The van der Waals surface area contributed by atoms with Gasteiger partial charge >= 0.3 is 0 Å². The Morgan fingerprint density at radius 1 is 0.833 bits per heavy atom. The van der Waals surface area contributed by atoms with E-state index in [1.807, 2.05) is 30.3 Å². The van der Waals surface area contributed by atoms with Gasteiger partial charge in [0.15, 0.2) is 29.1 Å². The molecule has 0 bridgehead atoms. The van der Waals surface area contributed by atoms with Crippen molar-refractivity contribution in [1.82, 2.24) is 10.2 Å². The highest BCUT2D eigenvalue weighted by Gasteiger charge is 2.80. The van der Waals surface area contributed by atoms with Crippen molar-refractivity contribution < 1.29 is 76.2 Å². The molecule has 0 spiro atoms. The Kier molecular flexibility index (Phi) is 16.7. The number of anilines is 1. The van der Waals surface area contributed by atoms with Gasteiger partial charge in [-0.05, 0) is 80.2 Å². The van der Waals surface area contributed by atoms with Crippen molar-refractivity contribution in [3.63, 3.8) is 0 Å². The van der Waals surface area contributed by atoms with E-state index in [9.17, 15) is 39.0 Å². The maximum Gasteiger partial charge on any atom is 0.253 e. The number of ether oxygens (including phenoxy) is 6. The molecule has 4 fully saturated rings. The minimum atomic E-state index is -2.34. The number of nitrogens with zero attached hydrogens (tertiary/aromatic N) is 1. The summed E-state index contributed by atoms with van der Waals surface area (Å²) in [6, 6.07) is 14.7. The van der Waals surface area contributed by atoms with Gasteiger partial charge < -0.3 is 49.3 Å². The number of aliphatic hydroxyl groups excluding tert-OH is 2. The third kappa shape index (κ3) is 10.5. The minimum absolute atomic E-state index is 0.00864. The Labute approximate surface area is 420 Å². The summed E-state index contributed by atoms with van der Waals surface area (Å²) in [5.74, 6) is -4.14. The maximum atomic E-state index is 17.7. The Balaban J connectivity index is 0.723. The number of aliphatic hydroxyl groups is 2. The molecule has 1 saturated heterocycles. The smallest absolute Gasteiger partial charge is 0.253 e. The summed E-state index contributed by atoms with van der Waals surface area (Å²) < 4.78 is 68.8. The lowest BCUT2D eigenvalue weighted by molar-refractivity contribution is -0.235. The molecule has 388 valence electrons. The molecule has 2 aliphatic heterocycles. The SMILES string of the molecule is C[C@]12C=CC(=O)C=C1[C@@H](F)C[C@H]1[C@@H]3C[C@H]4O[C@@H](c5ccc(Sc6cccc(NC(=O)CCOCCOCCOCCOCCNC(=O)CCN7C(=O)C=CC7=O)c6)cc5)O[C@@]4(C(=O)CO)[C@@]3(C)C[C@H](O)[C@@]12F. The molecule has 17 nitrogen and oxygen atoms in total. The Morgan fingerprint density at radius 3 is 2.18 bits per heavy atom. The van der Waals surface area contributed by atoms with Crippen molar-refractivity contribution >= 4 is 52.6 Å². The lowest BCUT2D eigenvalue weighted by Gasteiger charge is -2.63. The van der Waals surface area contributed by atoms with E-state index in [-0.39, 0.29) is 75.8 Å². The van der Waals surface area contributed by atoms with E-state index < -0.39 is 88.6 Å². The number of carbonyl (C=O) groups is 6. The van der Waals surface area contributed by atoms with Gasteiger partial charge in [0.05, 0.1) is 71.5 Å². The number of benzene rings is 2. The molecule has 72 heavy (non-hydrogen) atoms. The van der Waals surface area contributed by atoms with Crippen LogP contribution in [-0.2, 0) is 57.2 Å². The Morgan fingerprint density at radius 2 is 1.50 bits per heavy atom.